The van der Waals surface area contributed by atoms with Gasteiger partial charge >= 0.3 is 0 Å². The number of nitrogen functional groups attached to an aromatic ring is 1. The van der Waals surface area contributed by atoms with E-state index in [0.717, 1.165) is 0 Å². The van der Waals surface area contributed by atoms with Gasteiger partial charge < -0.3 is 5.73 Å². The van der Waals surface area contributed by atoms with Gasteiger partial charge in [-0.2, -0.15) is 0 Å². The van der Waals surface area contributed by atoms with Gasteiger partial charge in [0, 0.05) is 26.8 Å². The first-order valence-corrected chi connectivity index (χ1v) is 6.05. The molecule has 1 rings (SSSR count). The molecule has 0 radical (unpaired) electrons. The summed E-state index contributed by atoms with van der Waals surface area (Å²) in [4.78, 5) is 0. The van der Waals surface area contributed by atoms with Crippen LogP contribution in [0.1, 0.15) is 26.3 Å². The zero-order valence-electron chi connectivity index (χ0n) is 9.21. The van der Waals surface area contributed by atoms with Crippen molar-refractivity contribution in [2.24, 2.45) is 0 Å². The van der Waals surface area contributed by atoms with Gasteiger partial charge in [0.2, 0.25) is 0 Å². The fraction of sp³-hybridized carbons (Fsp3) is 0.455. The van der Waals surface area contributed by atoms with Crippen LogP contribution in [0.2, 0.25) is 0 Å². The van der Waals surface area contributed by atoms with E-state index in [1.807, 2.05) is 20.8 Å². The molecule has 0 fully saturated rings. The molecule has 1 atom stereocenters. The number of hydrogen-bond donors (Lipinski definition) is 1. The molecule has 0 aliphatic rings. The van der Waals surface area contributed by atoms with Gasteiger partial charge in [-0.15, -0.1) is 0 Å². The highest BCUT2D eigenvalue weighted by molar-refractivity contribution is 7.85. The average Bonchev–Trinajstić information content (AvgIpc) is 2.08. The second-order valence-electron chi connectivity index (χ2n) is 4.45. The Morgan fingerprint density at radius 2 is 2.00 bits per heavy atom. The van der Waals surface area contributed by atoms with Crippen LogP contribution in [0.3, 0.4) is 0 Å². The number of anilines is 1. The molecule has 1 aromatic rings. The largest absolute Gasteiger partial charge is 0.399 e. The Bertz CT molecular complexity index is 385. The van der Waals surface area contributed by atoms with Crippen LogP contribution < -0.4 is 5.73 Å². The maximum absolute atomic E-state index is 13.4. The van der Waals surface area contributed by atoms with Crippen molar-refractivity contribution in [3.05, 3.63) is 29.6 Å². The molecule has 1 unspecified atom stereocenters. The molecule has 0 heterocycles. The Balaban J connectivity index is 2.87. The maximum Gasteiger partial charge on any atom is 0.129 e. The highest BCUT2D eigenvalue weighted by Gasteiger charge is 2.20. The summed E-state index contributed by atoms with van der Waals surface area (Å²) < 4.78 is 24.8. The molecule has 2 N–H and O–H groups in total. The molecule has 15 heavy (non-hydrogen) atoms. The standard InChI is InChI=1S/C11H16FNOS/c1-11(2,3)15(14)7-8-4-5-9(13)6-10(8)12/h4-6H,7,13H2,1-3H3. The third-order valence-corrected chi connectivity index (χ3v) is 3.99. The van der Waals surface area contributed by atoms with Crippen LogP contribution in [0.25, 0.3) is 0 Å². The van der Waals surface area contributed by atoms with E-state index in [2.05, 4.69) is 0 Å². The van der Waals surface area contributed by atoms with Gasteiger partial charge in [-0.1, -0.05) is 6.07 Å². The smallest absolute Gasteiger partial charge is 0.129 e. The normalized spacial score (nSPS) is 13.9. The number of halogens is 1. The van der Waals surface area contributed by atoms with Gasteiger partial charge in [0.15, 0.2) is 0 Å². The molecule has 0 aromatic heterocycles. The molecule has 0 aliphatic heterocycles. The van der Waals surface area contributed by atoms with E-state index in [-0.39, 0.29) is 16.3 Å². The number of nitrogens with two attached hydrogens (primary N) is 1. The third-order valence-electron chi connectivity index (χ3n) is 2.05. The Hall–Kier alpha value is -0.900. The van der Waals surface area contributed by atoms with Crippen molar-refractivity contribution in [1.29, 1.82) is 0 Å². The lowest BCUT2D eigenvalue weighted by molar-refractivity contribution is 0.612. The number of hydrogen-bond acceptors (Lipinski definition) is 2. The Kier molecular flexibility index (Phi) is 3.50. The number of rotatable bonds is 2. The van der Waals surface area contributed by atoms with Gasteiger partial charge in [0.1, 0.15) is 5.82 Å². The first kappa shape index (κ1) is 12.2. The summed E-state index contributed by atoms with van der Waals surface area (Å²) in [6, 6.07) is 4.47. The van der Waals surface area contributed by atoms with Crippen molar-refractivity contribution in [3.8, 4) is 0 Å². The summed E-state index contributed by atoms with van der Waals surface area (Å²) >= 11 is 0. The fourth-order valence-corrected chi connectivity index (χ4v) is 1.99. The van der Waals surface area contributed by atoms with Crippen molar-refractivity contribution in [2.75, 3.05) is 5.73 Å². The summed E-state index contributed by atoms with van der Waals surface area (Å²) in [6.45, 7) is 5.62. The van der Waals surface area contributed by atoms with Crippen LogP contribution in [0.15, 0.2) is 18.2 Å². The van der Waals surface area contributed by atoms with E-state index < -0.39 is 10.8 Å². The van der Waals surface area contributed by atoms with Crippen LogP contribution in [-0.4, -0.2) is 8.96 Å². The molecule has 4 heteroatoms. The first-order valence-electron chi connectivity index (χ1n) is 4.73. The molecule has 0 spiro atoms. The molecule has 84 valence electrons. The monoisotopic (exact) mass is 229 g/mol. The third kappa shape index (κ3) is 3.30. The van der Waals surface area contributed by atoms with Gasteiger partial charge in [0.05, 0.1) is 5.75 Å². The van der Waals surface area contributed by atoms with E-state index in [9.17, 15) is 8.60 Å². The van der Waals surface area contributed by atoms with Crippen LogP contribution in [0.4, 0.5) is 10.1 Å². The Morgan fingerprint density at radius 1 is 1.40 bits per heavy atom. The van der Waals surface area contributed by atoms with Crippen molar-refractivity contribution >= 4 is 16.5 Å². The molecular weight excluding hydrogens is 213 g/mol. The molecule has 0 bridgehead atoms. The van der Waals surface area contributed by atoms with Gasteiger partial charge in [-0.05, 0) is 32.9 Å². The lowest BCUT2D eigenvalue weighted by Gasteiger charge is -2.17. The quantitative estimate of drug-likeness (QED) is 0.792. The highest BCUT2D eigenvalue weighted by atomic mass is 32.2. The molecule has 0 aliphatic carbocycles. The SMILES string of the molecule is CC(C)(C)S(=O)Cc1ccc(N)cc1F. The zero-order chi connectivity index (χ0) is 11.6. The van der Waals surface area contributed by atoms with E-state index >= 15 is 0 Å². The highest BCUT2D eigenvalue weighted by Crippen LogP contribution is 2.19. The maximum atomic E-state index is 13.4. The summed E-state index contributed by atoms with van der Waals surface area (Å²) in [5.41, 5.74) is 6.27. The van der Waals surface area contributed by atoms with Crippen molar-refractivity contribution in [3.63, 3.8) is 0 Å². The Labute approximate surface area is 92.1 Å². The van der Waals surface area contributed by atoms with Crippen molar-refractivity contribution < 1.29 is 8.60 Å². The second kappa shape index (κ2) is 4.31. The first-order chi connectivity index (χ1) is 6.80. The van der Waals surface area contributed by atoms with Crippen LogP contribution in [-0.2, 0) is 16.6 Å². The van der Waals surface area contributed by atoms with Crippen LogP contribution >= 0.6 is 0 Å². The molecule has 0 saturated carbocycles. The minimum absolute atomic E-state index is 0.232. The minimum atomic E-state index is -1.09. The summed E-state index contributed by atoms with van der Waals surface area (Å²) in [5, 5.41) is 0. The van der Waals surface area contributed by atoms with Gasteiger partial charge in [0.25, 0.3) is 0 Å². The molecule has 1 aromatic carbocycles. The summed E-state index contributed by atoms with van der Waals surface area (Å²) in [6.07, 6.45) is 0. The molecule has 0 amide bonds. The molecule has 2 nitrogen and oxygen atoms in total. The fourth-order valence-electron chi connectivity index (χ4n) is 1.04. The number of benzene rings is 1. The van der Waals surface area contributed by atoms with Crippen molar-refractivity contribution in [1.82, 2.24) is 0 Å². The lowest BCUT2D eigenvalue weighted by atomic mass is 10.2. The van der Waals surface area contributed by atoms with Crippen LogP contribution in [0, 0.1) is 5.82 Å². The van der Waals surface area contributed by atoms with E-state index in [4.69, 9.17) is 5.73 Å². The van der Waals surface area contributed by atoms with Crippen LogP contribution in [0.5, 0.6) is 0 Å². The summed E-state index contributed by atoms with van der Waals surface area (Å²) in [7, 11) is -1.09. The van der Waals surface area contributed by atoms with Gasteiger partial charge in [-0.3, -0.25) is 4.21 Å². The topological polar surface area (TPSA) is 43.1 Å². The van der Waals surface area contributed by atoms with Gasteiger partial charge in [-0.25, -0.2) is 4.39 Å². The molecular formula is C11H16FNOS. The second-order valence-corrected chi connectivity index (χ2v) is 6.66. The zero-order valence-corrected chi connectivity index (χ0v) is 10.0. The van der Waals surface area contributed by atoms with E-state index in [1.54, 1.807) is 12.1 Å². The Morgan fingerprint density at radius 3 is 2.47 bits per heavy atom. The predicted molar refractivity (Wildman–Crippen MR) is 62.4 cm³/mol. The lowest BCUT2D eigenvalue weighted by Crippen LogP contribution is -2.23. The minimum Gasteiger partial charge on any atom is -0.399 e. The van der Waals surface area contributed by atoms with E-state index in [0.29, 0.717) is 11.3 Å². The van der Waals surface area contributed by atoms with Crippen molar-refractivity contribution in [2.45, 2.75) is 31.3 Å². The molecule has 0 saturated heterocycles. The predicted octanol–water partition coefficient (Wildman–Crippen LogP) is 2.46. The average molecular weight is 229 g/mol. The van der Waals surface area contributed by atoms with E-state index in [1.165, 1.54) is 6.07 Å². The summed E-state index contributed by atoms with van der Waals surface area (Å²) in [5.74, 6) is -0.150.